The average molecular weight is 250 g/mol. The van der Waals surface area contributed by atoms with Crippen molar-refractivity contribution < 1.29 is 9.53 Å². The number of methoxy groups -OCH3 is 1. The van der Waals surface area contributed by atoms with Crippen molar-refractivity contribution in [2.24, 2.45) is 5.92 Å². The van der Waals surface area contributed by atoms with Gasteiger partial charge in [-0.3, -0.25) is 4.79 Å². The second-order valence-corrected chi connectivity index (χ2v) is 4.72. The molecule has 0 saturated heterocycles. The van der Waals surface area contributed by atoms with Crippen LogP contribution in [0.2, 0.25) is 0 Å². The van der Waals surface area contributed by atoms with Crippen molar-refractivity contribution in [3.8, 4) is 6.07 Å². The van der Waals surface area contributed by atoms with Crippen LogP contribution in [-0.4, -0.2) is 23.8 Å². The van der Waals surface area contributed by atoms with Gasteiger partial charge in [0.25, 0.3) is 0 Å². The minimum absolute atomic E-state index is 0.183. The summed E-state index contributed by atoms with van der Waals surface area (Å²) in [5, 5.41) is 9.59. The number of hydrogen-bond acceptors (Lipinski definition) is 5. The molecule has 0 spiro atoms. The van der Waals surface area contributed by atoms with Crippen LogP contribution in [-0.2, 0) is 9.53 Å². The first-order chi connectivity index (χ1) is 8.06. The summed E-state index contributed by atoms with van der Waals surface area (Å²) in [5.41, 5.74) is 1.39. The van der Waals surface area contributed by atoms with Gasteiger partial charge in [-0.05, 0) is 19.1 Å². The second kappa shape index (κ2) is 6.26. The minimum atomic E-state index is -0.231. The molecule has 1 aromatic rings. The molecular weight excluding hydrogens is 236 g/mol. The van der Waals surface area contributed by atoms with Gasteiger partial charge in [0.05, 0.1) is 29.7 Å². The summed E-state index contributed by atoms with van der Waals surface area (Å²) in [6.45, 7) is 3.65. The monoisotopic (exact) mass is 250 g/mol. The molecule has 0 aliphatic heterocycles. The molecule has 1 atom stereocenters. The van der Waals surface area contributed by atoms with Crippen LogP contribution in [0, 0.1) is 24.2 Å². The Balaban J connectivity index is 2.67. The average Bonchev–Trinajstić information content (AvgIpc) is 2.34. The number of rotatable bonds is 4. The van der Waals surface area contributed by atoms with E-state index in [0.29, 0.717) is 11.3 Å². The van der Waals surface area contributed by atoms with E-state index in [2.05, 4.69) is 15.8 Å². The molecule has 0 aromatic carbocycles. The van der Waals surface area contributed by atoms with Crippen LogP contribution in [0.4, 0.5) is 0 Å². The molecule has 1 unspecified atom stereocenters. The topological polar surface area (TPSA) is 63.0 Å². The molecule has 0 amide bonds. The number of carbonyl (C=O) groups is 1. The summed E-state index contributed by atoms with van der Waals surface area (Å²) in [5.74, 6) is 0.178. The summed E-state index contributed by atoms with van der Waals surface area (Å²) in [7, 11) is 1.38. The molecule has 0 N–H and O–H groups in total. The van der Waals surface area contributed by atoms with Crippen molar-refractivity contribution in [1.82, 2.24) is 4.98 Å². The van der Waals surface area contributed by atoms with E-state index in [1.807, 2.05) is 6.92 Å². The molecular formula is C12H14N2O2S. The molecule has 0 aliphatic rings. The lowest BCUT2D eigenvalue weighted by Gasteiger charge is -2.08. The fourth-order valence-corrected chi connectivity index (χ4v) is 2.23. The lowest BCUT2D eigenvalue weighted by atomic mass is 10.2. The number of esters is 1. The molecule has 0 aliphatic carbocycles. The van der Waals surface area contributed by atoms with Crippen molar-refractivity contribution in [2.45, 2.75) is 18.9 Å². The Morgan fingerprint density at radius 1 is 1.65 bits per heavy atom. The number of aromatic nitrogens is 1. The van der Waals surface area contributed by atoms with E-state index < -0.39 is 0 Å². The third kappa shape index (κ3) is 4.08. The molecule has 17 heavy (non-hydrogen) atoms. The van der Waals surface area contributed by atoms with Crippen molar-refractivity contribution >= 4 is 17.7 Å². The summed E-state index contributed by atoms with van der Waals surface area (Å²) >= 11 is 1.45. The van der Waals surface area contributed by atoms with Gasteiger partial charge in [-0.2, -0.15) is 5.26 Å². The number of pyridine rings is 1. The van der Waals surface area contributed by atoms with Gasteiger partial charge in [-0.1, -0.05) is 6.92 Å². The number of nitriles is 1. The first-order valence-corrected chi connectivity index (χ1v) is 6.14. The lowest BCUT2D eigenvalue weighted by Crippen LogP contribution is -2.14. The number of thioether (sulfide) groups is 1. The zero-order valence-corrected chi connectivity index (χ0v) is 10.9. The van der Waals surface area contributed by atoms with Crippen LogP contribution in [0.25, 0.3) is 0 Å². The highest BCUT2D eigenvalue weighted by Crippen LogP contribution is 2.20. The van der Waals surface area contributed by atoms with Crippen LogP contribution in [0.1, 0.15) is 18.2 Å². The highest BCUT2D eigenvalue weighted by atomic mass is 32.2. The molecule has 0 fully saturated rings. The van der Waals surface area contributed by atoms with Gasteiger partial charge in [-0.15, -0.1) is 11.8 Å². The normalized spacial score (nSPS) is 11.6. The van der Waals surface area contributed by atoms with E-state index in [-0.39, 0.29) is 11.9 Å². The van der Waals surface area contributed by atoms with Crippen LogP contribution in [0.3, 0.4) is 0 Å². The molecule has 90 valence electrons. The zero-order chi connectivity index (χ0) is 12.8. The predicted octanol–water partition coefficient (Wildman–Crippen LogP) is 2.16. The number of hydrogen-bond donors (Lipinski definition) is 0. The van der Waals surface area contributed by atoms with Crippen LogP contribution in [0.15, 0.2) is 17.2 Å². The number of nitrogens with zero attached hydrogens (tertiary/aromatic N) is 2. The molecule has 0 bridgehead atoms. The van der Waals surface area contributed by atoms with Gasteiger partial charge in [0, 0.05) is 11.4 Å². The van der Waals surface area contributed by atoms with Gasteiger partial charge in [0.15, 0.2) is 0 Å². The number of aryl methyl sites for hydroxylation is 1. The summed E-state index contributed by atoms with van der Waals surface area (Å²) in [6.07, 6.45) is 0. The van der Waals surface area contributed by atoms with E-state index in [1.54, 1.807) is 19.1 Å². The van der Waals surface area contributed by atoms with E-state index in [1.165, 1.54) is 18.9 Å². The molecule has 5 heteroatoms. The van der Waals surface area contributed by atoms with E-state index in [9.17, 15) is 4.79 Å². The van der Waals surface area contributed by atoms with Gasteiger partial charge < -0.3 is 4.74 Å². The fraction of sp³-hybridized carbons (Fsp3) is 0.417. The Bertz CT molecular complexity index is 454. The van der Waals surface area contributed by atoms with E-state index >= 15 is 0 Å². The van der Waals surface area contributed by atoms with Crippen molar-refractivity contribution in [3.05, 3.63) is 23.4 Å². The molecule has 1 rings (SSSR count). The molecule has 0 saturated carbocycles. The standard InChI is InChI=1S/C12H14N2O2S/c1-8(12(15)16-3)7-17-11-5-10(6-13)4-9(2)14-11/h4-5,8H,7H2,1-3H3. The minimum Gasteiger partial charge on any atom is -0.469 e. The van der Waals surface area contributed by atoms with E-state index in [0.717, 1.165) is 10.7 Å². The third-order valence-corrected chi connectivity index (χ3v) is 3.32. The molecule has 1 aromatic heterocycles. The Kier molecular flexibility index (Phi) is 4.98. The Hall–Kier alpha value is -1.54. The Morgan fingerprint density at radius 2 is 2.35 bits per heavy atom. The maximum atomic E-state index is 11.2. The zero-order valence-electron chi connectivity index (χ0n) is 10.1. The van der Waals surface area contributed by atoms with Gasteiger partial charge in [0.1, 0.15) is 0 Å². The lowest BCUT2D eigenvalue weighted by molar-refractivity contribution is -0.143. The second-order valence-electron chi connectivity index (χ2n) is 3.68. The third-order valence-electron chi connectivity index (χ3n) is 2.14. The number of ether oxygens (including phenoxy) is 1. The predicted molar refractivity (Wildman–Crippen MR) is 65.6 cm³/mol. The molecule has 4 nitrogen and oxygen atoms in total. The van der Waals surface area contributed by atoms with Gasteiger partial charge >= 0.3 is 5.97 Å². The maximum absolute atomic E-state index is 11.2. The Morgan fingerprint density at radius 3 is 2.94 bits per heavy atom. The SMILES string of the molecule is COC(=O)C(C)CSc1cc(C#N)cc(C)n1. The largest absolute Gasteiger partial charge is 0.469 e. The maximum Gasteiger partial charge on any atom is 0.309 e. The van der Waals surface area contributed by atoms with Crippen molar-refractivity contribution in [3.63, 3.8) is 0 Å². The van der Waals surface area contributed by atoms with Crippen molar-refractivity contribution in [2.75, 3.05) is 12.9 Å². The summed E-state index contributed by atoms with van der Waals surface area (Å²) in [4.78, 5) is 15.5. The van der Waals surface area contributed by atoms with Crippen LogP contribution >= 0.6 is 11.8 Å². The number of carbonyl (C=O) groups excluding carboxylic acids is 1. The van der Waals surface area contributed by atoms with Gasteiger partial charge in [-0.25, -0.2) is 4.98 Å². The van der Waals surface area contributed by atoms with Crippen LogP contribution in [0.5, 0.6) is 0 Å². The highest BCUT2D eigenvalue weighted by Gasteiger charge is 2.13. The summed E-state index contributed by atoms with van der Waals surface area (Å²) < 4.78 is 4.64. The van der Waals surface area contributed by atoms with E-state index in [4.69, 9.17) is 5.26 Å². The summed E-state index contributed by atoms with van der Waals surface area (Å²) in [6, 6.07) is 5.54. The first-order valence-electron chi connectivity index (χ1n) is 5.16. The fourth-order valence-electron chi connectivity index (χ4n) is 1.26. The van der Waals surface area contributed by atoms with Gasteiger partial charge in [0.2, 0.25) is 0 Å². The molecule has 0 radical (unpaired) electrons. The first kappa shape index (κ1) is 13.5. The quantitative estimate of drug-likeness (QED) is 0.605. The van der Waals surface area contributed by atoms with Crippen molar-refractivity contribution in [1.29, 1.82) is 5.26 Å². The Labute approximate surface area is 105 Å². The smallest absolute Gasteiger partial charge is 0.309 e. The van der Waals surface area contributed by atoms with Crippen LogP contribution < -0.4 is 0 Å². The molecule has 1 heterocycles. The highest BCUT2D eigenvalue weighted by molar-refractivity contribution is 7.99.